The van der Waals surface area contributed by atoms with Gasteiger partial charge in [-0.2, -0.15) is 0 Å². The molecule has 0 spiro atoms. The third kappa shape index (κ3) is 4.50. The number of hydrogen-bond donors (Lipinski definition) is 4. The highest BCUT2D eigenvalue weighted by molar-refractivity contribution is 5.75. The number of likely N-dealkylation sites (tertiary alicyclic amines) is 1. The first-order valence-corrected chi connectivity index (χ1v) is 6.03. The number of carbonyl (C=O) groups is 2. The molecular formula is C11H20N2O5. The molecule has 0 aliphatic carbocycles. The summed E-state index contributed by atoms with van der Waals surface area (Å²) < 4.78 is 0. The summed E-state index contributed by atoms with van der Waals surface area (Å²) in [6.45, 7) is 2.03. The first kappa shape index (κ1) is 14.7. The Bertz CT molecular complexity index is 300. The third-order valence-electron chi connectivity index (χ3n) is 2.94. The molecule has 0 aromatic heterocycles. The van der Waals surface area contributed by atoms with Crippen LogP contribution in [0.15, 0.2) is 0 Å². The quantitative estimate of drug-likeness (QED) is 0.526. The predicted molar refractivity (Wildman–Crippen MR) is 63.1 cm³/mol. The van der Waals surface area contributed by atoms with Crippen LogP contribution >= 0.6 is 0 Å². The van der Waals surface area contributed by atoms with Gasteiger partial charge in [0.15, 0.2) is 0 Å². The number of β-amino-alcohol motifs (C(OH)–C–C–N with tert-alkyl or cyclic N) is 2. The summed E-state index contributed by atoms with van der Waals surface area (Å²) in [4.78, 5) is 23.4. The molecule has 104 valence electrons. The van der Waals surface area contributed by atoms with Gasteiger partial charge < -0.3 is 25.5 Å². The molecule has 0 radical (unpaired) electrons. The second-order valence-electron chi connectivity index (χ2n) is 4.68. The van der Waals surface area contributed by atoms with E-state index in [9.17, 15) is 19.8 Å². The van der Waals surface area contributed by atoms with Crippen LogP contribution in [0.25, 0.3) is 0 Å². The molecule has 0 aromatic carbocycles. The van der Waals surface area contributed by atoms with Gasteiger partial charge in [-0.05, 0) is 19.8 Å². The van der Waals surface area contributed by atoms with Crippen molar-refractivity contribution in [1.29, 1.82) is 0 Å². The van der Waals surface area contributed by atoms with Gasteiger partial charge in [-0.1, -0.05) is 0 Å². The average molecular weight is 260 g/mol. The average Bonchev–Trinajstić information content (AvgIpc) is 2.58. The highest BCUT2D eigenvalue weighted by Crippen LogP contribution is 2.10. The maximum Gasteiger partial charge on any atom is 0.317 e. The minimum absolute atomic E-state index is 0.0847. The van der Waals surface area contributed by atoms with Crippen LogP contribution in [0.1, 0.15) is 26.2 Å². The minimum Gasteiger partial charge on any atom is -0.481 e. The van der Waals surface area contributed by atoms with Crippen LogP contribution in [0.2, 0.25) is 0 Å². The molecule has 0 bridgehead atoms. The monoisotopic (exact) mass is 260 g/mol. The summed E-state index contributed by atoms with van der Waals surface area (Å²) in [5.41, 5.74) is 0. The fourth-order valence-electron chi connectivity index (χ4n) is 1.87. The number of carboxylic acids is 1. The molecule has 4 N–H and O–H groups in total. The Morgan fingerprint density at radius 1 is 1.33 bits per heavy atom. The molecule has 1 heterocycles. The Labute approximate surface area is 105 Å². The lowest BCUT2D eigenvalue weighted by Crippen LogP contribution is -2.43. The van der Waals surface area contributed by atoms with Gasteiger partial charge in [0, 0.05) is 12.5 Å². The van der Waals surface area contributed by atoms with E-state index in [1.54, 1.807) is 6.92 Å². The molecule has 18 heavy (non-hydrogen) atoms. The van der Waals surface area contributed by atoms with Gasteiger partial charge >= 0.3 is 12.0 Å². The number of hydrogen-bond acceptors (Lipinski definition) is 4. The van der Waals surface area contributed by atoms with Crippen molar-refractivity contribution in [2.75, 3.05) is 13.1 Å². The summed E-state index contributed by atoms with van der Waals surface area (Å²) >= 11 is 0. The highest BCUT2D eigenvalue weighted by atomic mass is 16.4. The molecule has 1 aliphatic heterocycles. The Morgan fingerprint density at radius 2 is 1.89 bits per heavy atom. The minimum atomic E-state index is -0.891. The van der Waals surface area contributed by atoms with E-state index in [-0.39, 0.29) is 31.6 Å². The Morgan fingerprint density at radius 3 is 2.39 bits per heavy atom. The fourth-order valence-corrected chi connectivity index (χ4v) is 1.87. The molecule has 2 amide bonds. The van der Waals surface area contributed by atoms with Crippen LogP contribution in [0.5, 0.6) is 0 Å². The number of nitrogens with one attached hydrogen (secondary N) is 1. The number of carboxylic acid groups (broad SMARTS) is 1. The molecule has 3 unspecified atom stereocenters. The fraction of sp³-hybridized carbons (Fsp3) is 0.818. The Hall–Kier alpha value is -1.34. The van der Waals surface area contributed by atoms with E-state index in [1.165, 1.54) is 4.90 Å². The number of aliphatic hydroxyl groups is 2. The van der Waals surface area contributed by atoms with Gasteiger partial charge in [-0.3, -0.25) is 4.79 Å². The molecular weight excluding hydrogens is 240 g/mol. The van der Waals surface area contributed by atoms with Crippen molar-refractivity contribution >= 4 is 12.0 Å². The first-order chi connectivity index (χ1) is 8.40. The second-order valence-corrected chi connectivity index (χ2v) is 4.68. The number of amides is 2. The van der Waals surface area contributed by atoms with Gasteiger partial charge in [-0.25, -0.2) is 4.79 Å². The Balaban J connectivity index is 2.25. The topological polar surface area (TPSA) is 110 Å². The van der Waals surface area contributed by atoms with Gasteiger partial charge in [0.25, 0.3) is 0 Å². The molecule has 3 atom stereocenters. The van der Waals surface area contributed by atoms with Gasteiger partial charge in [0.05, 0.1) is 25.3 Å². The first-order valence-electron chi connectivity index (χ1n) is 6.03. The summed E-state index contributed by atoms with van der Waals surface area (Å²) in [7, 11) is 0. The second kappa shape index (κ2) is 6.55. The zero-order chi connectivity index (χ0) is 13.7. The molecule has 1 fully saturated rings. The van der Waals surface area contributed by atoms with Crippen LogP contribution in [-0.2, 0) is 4.79 Å². The summed E-state index contributed by atoms with van der Waals surface area (Å²) in [6, 6.07) is -0.472. The summed E-state index contributed by atoms with van der Waals surface area (Å²) in [5, 5.41) is 29.8. The van der Waals surface area contributed by atoms with E-state index < -0.39 is 18.2 Å². The van der Waals surface area contributed by atoms with Crippen LogP contribution in [0, 0.1) is 0 Å². The zero-order valence-electron chi connectivity index (χ0n) is 10.4. The van der Waals surface area contributed by atoms with E-state index in [0.29, 0.717) is 12.8 Å². The smallest absolute Gasteiger partial charge is 0.317 e. The van der Waals surface area contributed by atoms with E-state index in [0.717, 1.165) is 0 Å². The van der Waals surface area contributed by atoms with Crippen LogP contribution in [0.3, 0.4) is 0 Å². The number of urea groups is 1. The van der Waals surface area contributed by atoms with Gasteiger partial charge in [0.2, 0.25) is 0 Å². The largest absolute Gasteiger partial charge is 0.481 e. The number of carbonyl (C=O) groups excluding carboxylic acids is 1. The van der Waals surface area contributed by atoms with Gasteiger partial charge in [0.1, 0.15) is 0 Å². The summed E-state index contributed by atoms with van der Waals surface area (Å²) in [5.74, 6) is -0.848. The predicted octanol–water partition coefficient (Wildman–Crippen LogP) is -0.623. The lowest BCUT2D eigenvalue weighted by molar-refractivity contribution is -0.137. The van der Waals surface area contributed by atoms with Crippen molar-refractivity contribution in [2.45, 2.75) is 44.4 Å². The zero-order valence-corrected chi connectivity index (χ0v) is 10.4. The van der Waals surface area contributed by atoms with E-state index in [1.807, 2.05) is 0 Å². The van der Waals surface area contributed by atoms with E-state index in [4.69, 9.17) is 5.11 Å². The molecule has 1 saturated heterocycles. The van der Waals surface area contributed by atoms with Crippen LogP contribution in [-0.4, -0.2) is 63.6 Å². The van der Waals surface area contributed by atoms with Gasteiger partial charge in [-0.15, -0.1) is 0 Å². The standard InChI is InChI=1S/C11H20N2O5/c1-7(3-2-4-10(16)17)12-11(18)13-5-8(14)9(15)6-13/h7-9,14-15H,2-6H2,1H3,(H,12,18)(H,16,17). The lowest BCUT2D eigenvalue weighted by atomic mass is 10.1. The van der Waals surface area contributed by atoms with Crippen molar-refractivity contribution < 1.29 is 24.9 Å². The number of rotatable bonds is 5. The number of aliphatic hydroxyl groups excluding tert-OH is 2. The molecule has 7 nitrogen and oxygen atoms in total. The van der Waals surface area contributed by atoms with E-state index >= 15 is 0 Å². The SMILES string of the molecule is CC(CCCC(=O)O)NC(=O)N1CC(O)C(O)C1. The number of nitrogens with zero attached hydrogens (tertiary/aromatic N) is 1. The molecule has 7 heteroatoms. The maximum atomic E-state index is 11.7. The summed E-state index contributed by atoms with van der Waals surface area (Å²) in [6.07, 6.45) is -0.614. The van der Waals surface area contributed by atoms with E-state index in [2.05, 4.69) is 5.32 Å². The van der Waals surface area contributed by atoms with Crippen molar-refractivity contribution in [3.8, 4) is 0 Å². The van der Waals surface area contributed by atoms with Crippen LogP contribution < -0.4 is 5.32 Å². The normalized spacial score (nSPS) is 24.9. The van der Waals surface area contributed by atoms with Crippen molar-refractivity contribution in [3.63, 3.8) is 0 Å². The van der Waals surface area contributed by atoms with Crippen molar-refractivity contribution in [1.82, 2.24) is 10.2 Å². The molecule has 0 saturated carbocycles. The Kier molecular flexibility index (Phi) is 5.36. The molecule has 0 aromatic rings. The molecule has 1 rings (SSSR count). The molecule has 1 aliphatic rings. The maximum absolute atomic E-state index is 11.7. The number of aliphatic carboxylic acids is 1. The third-order valence-corrected chi connectivity index (χ3v) is 2.94. The van der Waals surface area contributed by atoms with Crippen molar-refractivity contribution in [3.05, 3.63) is 0 Å². The lowest BCUT2D eigenvalue weighted by Gasteiger charge is -2.20. The van der Waals surface area contributed by atoms with Crippen molar-refractivity contribution in [2.24, 2.45) is 0 Å². The highest BCUT2D eigenvalue weighted by Gasteiger charge is 2.32. The van der Waals surface area contributed by atoms with Crippen LogP contribution in [0.4, 0.5) is 4.79 Å².